The molecule has 0 saturated carbocycles. The number of carbonyl (C=O) groups is 1. The molecule has 1 aliphatic rings. The Morgan fingerprint density at radius 3 is 2.39 bits per heavy atom. The third kappa shape index (κ3) is 3.11. The van der Waals surface area contributed by atoms with E-state index >= 15 is 0 Å². The molecule has 1 saturated heterocycles. The van der Waals surface area contributed by atoms with Crippen molar-refractivity contribution in [2.45, 2.75) is 20.0 Å². The number of rotatable bonds is 4. The second kappa shape index (κ2) is 6.24. The first kappa shape index (κ1) is 15.3. The van der Waals surface area contributed by atoms with E-state index in [4.69, 9.17) is 4.74 Å². The summed E-state index contributed by atoms with van der Waals surface area (Å²) in [4.78, 5) is 22.2. The maximum Gasteiger partial charge on any atom is 0.257 e. The van der Waals surface area contributed by atoms with E-state index in [0.29, 0.717) is 24.6 Å². The molecule has 3 rings (SSSR count). The van der Waals surface area contributed by atoms with E-state index in [9.17, 15) is 4.79 Å². The molecule has 1 aliphatic heterocycles. The van der Waals surface area contributed by atoms with Crippen LogP contribution in [0.25, 0.3) is 0 Å². The molecular formula is C17H20N4O2. The standard InChI is InChI=1S/C17H20N4O2/c1-11-5-4-6-12(2)15(11)23-14-9-21(10-14)16(22)13-7-19-17(18-3)20-8-13/h4-8,14H,9-10H2,1-3H3,(H,18,19,20). The number of nitrogens with one attached hydrogen (secondary N) is 1. The highest BCUT2D eigenvalue weighted by atomic mass is 16.5. The molecule has 0 radical (unpaired) electrons. The van der Waals surface area contributed by atoms with Crippen molar-refractivity contribution in [1.29, 1.82) is 0 Å². The van der Waals surface area contributed by atoms with Gasteiger partial charge in [-0.3, -0.25) is 4.79 Å². The molecule has 1 amide bonds. The van der Waals surface area contributed by atoms with Crippen molar-refractivity contribution < 1.29 is 9.53 Å². The monoisotopic (exact) mass is 312 g/mol. The molecule has 23 heavy (non-hydrogen) atoms. The van der Waals surface area contributed by atoms with Crippen molar-refractivity contribution in [1.82, 2.24) is 14.9 Å². The van der Waals surface area contributed by atoms with Gasteiger partial charge >= 0.3 is 0 Å². The molecule has 6 heteroatoms. The van der Waals surface area contributed by atoms with E-state index in [1.165, 1.54) is 0 Å². The van der Waals surface area contributed by atoms with E-state index in [2.05, 4.69) is 15.3 Å². The number of para-hydroxylation sites is 1. The second-order valence-corrected chi connectivity index (χ2v) is 5.72. The average Bonchev–Trinajstić information content (AvgIpc) is 2.52. The predicted molar refractivity (Wildman–Crippen MR) is 87.8 cm³/mol. The Labute approximate surface area is 135 Å². The molecule has 0 spiro atoms. The van der Waals surface area contributed by atoms with Crippen LogP contribution in [0.4, 0.5) is 5.95 Å². The van der Waals surface area contributed by atoms with E-state index in [1.807, 2.05) is 32.0 Å². The van der Waals surface area contributed by atoms with Gasteiger partial charge in [-0.2, -0.15) is 0 Å². The van der Waals surface area contributed by atoms with Crippen LogP contribution in [0.15, 0.2) is 30.6 Å². The van der Waals surface area contributed by atoms with Crippen LogP contribution in [0.5, 0.6) is 5.75 Å². The maximum atomic E-state index is 12.3. The number of aryl methyl sites for hydroxylation is 2. The molecule has 0 bridgehead atoms. The van der Waals surface area contributed by atoms with Gasteiger partial charge in [0.15, 0.2) is 0 Å². The molecule has 0 aliphatic carbocycles. The first-order chi connectivity index (χ1) is 11.1. The van der Waals surface area contributed by atoms with Crippen molar-refractivity contribution in [3.8, 4) is 5.75 Å². The van der Waals surface area contributed by atoms with Crippen LogP contribution in [-0.2, 0) is 0 Å². The Balaban J connectivity index is 1.59. The van der Waals surface area contributed by atoms with E-state index < -0.39 is 0 Å². The zero-order valence-corrected chi connectivity index (χ0v) is 13.5. The molecule has 1 N–H and O–H groups in total. The van der Waals surface area contributed by atoms with Crippen LogP contribution < -0.4 is 10.1 Å². The largest absolute Gasteiger partial charge is 0.486 e. The summed E-state index contributed by atoms with van der Waals surface area (Å²) < 4.78 is 6.03. The summed E-state index contributed by atoms with van der Waals surface area (Å²) in [5, 5.41) is 2.83. The quantitative estimate of drug-likeness (QED) is 0.936. The van der Waals surface area contributed by atoms with Gasteiger partial charge in [0.2, 0.25) is 5.95 Å². The lowest BCUT2D eigenvalue weighted by atomic mass is 10.1. The number of hydrogen-bond donors (Lipinski definition) is 1. The minimum Gasteiger partial charge on any atom is -0.486 e. The molecule has 6 nitrogen and oxygen atoms in total. The Kier molecular flexibility index (Phi) is 4.14. The van der Waals surface area contributed by atoms with Crippen LogP contribution >= 0.6 is 0 Å². The molecule has 0 unspecified atom stereocenters. The van der Waals surface area contributed by atoms with E-state index in [0.717, 1.165) is 16.9 Å². The van der Waals surface area contributed by atoms with Gasteiger partial charge in [-0.25, -0.2) is 9.97 Å². The number of likely N-dealkylation sites (tertiary alicyclic amines) is 1. The summed E-state index contributed by atoms with van der Waals surface area (Å²) >= 11 is 0. The maximum absolute atomic E-state index is 12.3. The normalized spacial score (nSPS) is 14.3. The zero-order valence-electron chi connectivity index (χ0n) is 13.5. The molecule has 0 atom stereocenters. The van der Waals surface area contributed by atoms with Gasteiger partial charge in [-0.15, -0.1) is 0 Å². The highest BCUT2D eigenvalue weighted by Gasteiger charge is 2.33. The summed E-state index contributed by atoms with van der Waals surface area (Å²) in [5.74, 6) is 1.36. The summed E-state index contributed by atoms with van der Waals surface area (Å²) in [6, 6.07) is 6.08. The van der Waals surface area contributed by atoms with Gasteiger partial charge in [0.25, 0.3) is 5.91 Å². The van der Waals surface area contributed by atoms with Gasteiger partial charge < -0.3 is 15.0 Å². The third-order valence-electron chi connectivity index (χ3n) is 3.95. The van der Waals surface area contributed by atoms with Crippen molar-refractivity contribution >= 4 is 11.9 Å². The van der Waals surface area contributed by atoms with Crippen molar-refractivity contribution in [3.05, 3.63) is 47.3 Å². The Hall–Kier alpha value is -2.63. The van der Waals surface area contributed by atoms with Gasteiger partial charge in [-0.05, 0) is 25.0 Å². The number of aromatic nitrogens is 2. The van der Waals surface area contributed by atoms with Gasteiger partial charge in [-0.1, -0.05) is 18.2 Å². The Morgan fingerprint density at radius 1 is 1.22 bits per heavy atom. The second-order valence-electron chi connectivity index (χ2n) is 5.72. The van der Waals surface area contributed by atoms with Crippen LogP contribution in [0.1, 0.15) is 21.5 Å². The number of carbonyl (C=O) groups excluding carboxylic acids is 1. The number of hydrogen-bond acceptors (Lipinski definition) is 5. The average molecular weight is 312 g/mol. The summed E-state index contributed by atoms with van der Waals surface area (Å²) in [7, 11) is 1.74. The van der Waals surface area contributed by atoms with E-state index in [1.54, 1.807) is 24.3 Å². The topological polar surface area (TPSA) is 67.4 Å². The lowest BCUT2D eigenvalue weighted by Gasteiger charge is -2.39. The van der Waals surface area contributed by atoms with Gasteiger partial charge in [0.1, 0.15) is 11.9 Å². The molecular weight excluding hydrogens is 292 g/mol. The fraction of sp³-hybridized carbons (Fsp3) is 0.353. The molecule has 2 heterocycles. The Morgan fingerprint density at radius 2 is 1.83 bits per heavy atom. The SMILES string of the molecule is CNc1ncc(C(=O)N2CC(Oc3c(C)cccc3C)C2)cn1. The van der Waals surface area contributed by atoms with Crippen LogP contribution in [0, 0.1) is 13.8 Å². The highest BCUT2D eigenvalue weighted by molar-refractivity contribution is 5.94. The predicted octanol–water partition coefficient (Wildman–Crippen LogP) is 2.04. The van der Waals surface area contributed by atoms with Crippen molar-refractivity contribution in [3.63, 3.8) is 0 Å². The smallest absolute Gasteiger partial charge is 0.257 e. The third-order valence-corrected chi connectivity index (χ3v) is 3.95. The molecule has 1 aromatic heterocycles. The zero-order chi connectivity index (χ0) is 16.4. The van der Waals surface area contributed by atoms with Gasteiger partial charge in [0, 0.05) is 19.4 Å². The molecule has 1 fully saturated rings. The molecule has 120 valence electrons. The first-order valence-corrected chi connectivity index (χ1v) is 7.60. The lowest BCUT2D eigenvalue weighted by Crippen LogP contribution is -2.56. The first-order valence-electron chi connectivity index (χ1n) is 7.60. The highest BCUT2D eigenvalue weighted by Crippen LogP contribution is 2.26. The fourth-order valence-corrected chi connectivity index (χ4v) is 2.58. The lowest BCUT2D eigenvalue weighted by molar-refractivity contribution is 0.0172. The minimum atomic E-state index is -0.0611. The number of anilines is 1. The van der Waals surface area contributed by atoms with Crippen LogP contribution in [-0.4, -0.2) is 47.0 Å². The number of nitrogens with zero attached hydrogens (tertiary/aromatic N) is 3. The number of benzene rings is 1. The van der Waals surface area contributed by atoms with Crippen LogP contribution in [0.2, 0.25) is 0 Å². The number of ether oxygens (including phenoxy) is 1. The summed E-state index contributed by atoms with van der Waals surface area (Å²) in [6.45, 7) is 5.23. The van der Waals surface area contributed by atoms with Crippen LogP contribution in [0.3, 0.4) is 0 Å². The minimum absolute atomic E-state index is 0.0382. The number of amides is 1. The van der Waals surface area contributed by atoms with Gasteiger partial charge in [0.05, 0.1) is 18.7 Å². The van der Waals surface area contributed by atoms with E-state index in [-0.39, 0.29) is 12.0 Å². The summed E-state index contributed by atoms with van der Waals surface area (Å²) in [6.07, 6.45) is 3.12. The molecule has 1 aromatic carbocycles. The molecule has 2 aromatic rings. The van der Waals surface area contributed by atoms with Crippen molar-refractivity contribution in [2.24, 2.45) is 0 Å². The fourth-order valence-electron chi connectivity index (χ4n) is 2.58. The summed E-state index contributed by atoms with van der Waals surface area (Å²) in [5.41, 5.74) is 2.73. The Bertz CT molecular complexity index is 689. The van der Waals surface area contributed by atoms with Crippen molar-refractivity contribution in [2.75, 3.05) is 25.5 Å².